The second kappa shape index (κ2) is 7.63. The Labute approximate surface area is 163 Å². The highest BCUT2D eigenvalue weighted by Gasteiger charge is 2.23. The molecule has 0 aliphatic carbocycles. The molecule has 0 saturated heterocycles. The highest BCUT2D eigenvalue weighted by atomic mass is 79.9. The first-order valence-corrected chi connectivity index (χ1v) is 8.88. The Bertz CT molecular complexity index is 1110. The maximum atomic E-state index is 12.8. The lowest BCUT2D eigenvalue weighted by atomic mass is 10.2. The van der Waals surface area contributed by atoms with Crippen LogP contribution < -0.4 is 21.9 Å². The third kappa shape index (κ3) is 3.70. The molecule has 0 unspecified atom stereocenters. The van der Waals surface area contributed by atoms with Crippen molar-refractivity contribution in [1.29, 1.82) is 0 Å². The smallest absolute Gasteiger partial charge is 0.330 e. The van der Waals surface area contributed by atoms with Crippen LogP contribution in [0.4, 0.5) is 11.5 Å². The van der Waals surface area contributed by atoms with E-state index >= 15 is 0 Å². The molecular weight excluding hydrogens is 412 g/mol. The summed E-state index contributed by atoms with van der Waals surface area (Å²) >= 11 is 3.33. The zero-order chi connectivity index (χ0) is 19.6. The summed E-state index contributed by atoms with van der Waals surface area (Å²) in [4.78, 5) is 40.8. The van der Waals surface area contributed by atoms with Gasteiger partial charge in [0, 0.05) is 11.5 Å². The van der Waals surface area contributed by atoms with E-state index in [1.807, 2.05) is 30.3 Å². The minimum absolute atomic E-state index is 0.0736. The second-order valence-electron chi connectivity index (χ2n) is 5.91. The van der Waals surface area contributed by atoms with Gasteiger partial charge in [-0.1, -0.05) is 42.5 Å². The Kier molecular flexibility index (Phi) is 5.27. The lowest BCUT2D eigenvalue weighted by Crippen LogP contribution is -2.39. The zero-order valence-electron chi connectivity index (χ0n) is 14.5. The molecule has 27 heavy (non-hydrogen) atoms. The normalized spacial score (nSPS) is 10.6. The number of carbonyl (C=O) groups excluding carboxylic acids is 1. The van der Waals surface area contributed by atoms with E-state index in [0.29, 0.717) is 10.0 Å². The van der Waals surface area contributed by atoms with Crippen molar-refractivity contribution in [2.24, 2.45) is 0 Å². The predicted molar refractivity (Wildman–Crippen MR) is 108 cm³/mol. The molecule has 1 heterocycles. The number of aromatic amines is 1. The lowest BCUT2D eigenvalue weighted by Gasteiger charge is -2.21. The summed E-state index contributed by atoms with van der Waals surface area (Å²) in [6.07, 6.45) is 0. The van der Waals surface area contributed by atoms with E-state index in [0.717, 1.165) is 10.5 Å². The highest BCUT2D eigenvalue weighted by Crippen LogP contribution is 2.22. The SMILES string of the molecule is CN(C(=O)c1ccccc1Br)c1c(N)n(Cc2ccccc2)c(=O)[nH]c1=O. The molecule has 1 amide bonds. The number of hydrogen-bond acceptors (Lipinski definition) is 4. The average Bonchev–Trinajstić information content (AvgIpc) is 2.65. The number of nitrogens with one attached hydrogen (secondary N) is 1. The van der Waals surface area contributed by atoms with Gasteiger partial charge in [-0.3, -0.25) is 19.1 Å². The van der Waals surface area contributed by atoms with Gasteiger partial charge in [-0.2, -0.15) is 0 Å². The van der Waals surface area contributed by atoms with Crippen molar-refractivity contribution in [3.8, 4) is 0 Å². The van der Waals surface area contributed by atoms with Crippen molar-refractivity contribution in [2.45, 2.75) is 6.54 Å². The van der Waals surface area contributed by atoms with E-state index in [4.69, 9.17) is 5.73 Å². The Hall–Kier alpha value is -3.13. The fraction of sp³-hybridized carbons (Fsp3) is 0.105. The second-order valence-corrected chi connectivity index (χ2v) is 6.76. The maximum absolute atomic E-state index is 12.8. The van der Waals surface area contributed by atoms with Crippen LogP contribution >= 0.6 is 15.9 Å². The number of aromatic nitrogens is 2. The van der Waals surface area contributed by atoms with Crippen molar-refractivity contribution < 1.29 is 4.79 Å². The number of benzene rings is 2. The molecule has 0 saturated carbocycles. The summed E-state index contributed by atoms with van der Waals surface area (Å²) in [6.45, 7) is 0.173. The van der Waals surface area contributed by atoms with Crippen LogP contribution in [0.15, 0.2) is 68.7 Å². The molecule has 7 nitrogen and oxygen atoms in total. The number of rotatable bonds is 4. The minimum atomic E-state index is -0.718. The molecule has 0 bridgehead atoms. The Morgan fingerprint density at radius 1 is 1.11 bits per heavy atom. The molecule has 2 aromatic carbocycles. The fourth-order valence-corrected chi connectivity index (χ4v) is 3.20. The molecule has 3 rings (SSSR count). The summed E-state index contributed by atoms with van der Waals surface area (Å²) < 4.78 is 1.82. The molecule has 0 aliphatic rings. The van der Waals surface area contributed by atoms with Crippen molar-refractivity contribution >= 4 is 33.3 Å². The van der Waals surface area contributed by atoms with Crippen LogP contribution in [0.5, 0.6) is 0 Å². The van der Waals surface area contributed by atoms with Gasteiger partial charge < -0.3 is 10.6 Å². The van der Waals surface area contributed by atoms with Crippen LogP contribution in [0.1, 0.15) is 15.9 Å². The van der Waals surface area contributed by atoms with E-state index in [9.17, 15) is 14.4 Å². The number of anilines is 2. The van der Waals surface area contributed by atoms with Crippen molar-refractivity contribution in [1.82, 2.24) is 9.55 Å². The fourth-order valence-electron chi connectivity index (χ4n) is 2.74. The summed E-state index contributed by atoms with van der Waals surface area (Å²) in [6, 6.07) is 16.1. The van der Waals surface area contributed by atoms with Crippen LogP contribution in [-0.4, -0.2) is 22.5 Å². The van der Waals surface area contributed by atoms with E-state index in [1.54, 1.807) is 24.3 Å². The van der Waals surface area contributed by atoms with Crippen LogP contribution in [0.25, 0.3) is 0 Å². The van der Waals surface area contributed by atoms with Gasteiger partial charge in [0.25, 0.3) is 11.5 Å². The molecule has 3 aromatic rings. The van der Waals surface area contributed by atoms with Crippen molar-refractivity contribution in [2.75, 3.05) is 17.7 Å². The first kappa shape index (κ1) is 18.7. The Balaban J connectivity index is 2.06. The van der Waals surface area contributed by atoms with E-state index in [1.165, 1.54) is 11.6 Å². The van der Waals surface area contributed by atoms with Crippen molar-refractivity contribution in [3.05, 3.63) is 91.0 Å². The monoisotopic (exact) mass is 428 g/mol. The molecule has 3 N–H and O–H groups in total. The van der Waals surface area contributed by atoms with Crippen LogP contribution in [-0.2, 0) is 6.54 Å². The minimum Gasteiger partial charge on any atom is -0.383 e. The van der Waals surface area contributed by atoms with Gasteiger partial charge in [0.2, 0.25) is 0 Å². The molecular formula is C19H17BrN4O3. The number of hydrogen-bond donors (Lipinski definition) is 2. The first-order valence-electron chi connectivity index (χ1n) is 8.09. The number of H-pyrrole nitrogens is 1. The molecule has 138 valence electrons. The van der Waals surface area contributed by atoms with E-state index in [2.05, 4.69) is 20.9 Å². The molecule has 0 radical (unpaired) electrons. The van der Waals surface area contributed by atoms with Gasteiger partial charge in [0.05, 0.1) is 12.1 Å². The number of halogens is 1. The van der Waals surface area contributed by atoms with Gasteiger partial charge in [-0.05, 0) is 33.6 Å². The largest absolute Gasteiger partial charge is 0.383 e. The topological polar surface area (TPSA) is 101 Å². The molecule has 0 fully saturated rings. The zero-order valence-corrected chi connectivity index (χ0v) is 16.1. The van der Waals surface area contributed by atoms with E-state index < -0.39 is 17.2 Å². The maximum Gasteiger partial charge on any atom is 0.330 e. The van der Waals surface area contributed by atoms with Crippen LogP contribution in [0, 0.1) is 0 Å². The molecule has 1 aromatic heterocycles. The van der Waals surface area contributed by atoms with Crippen LogP contribution in [0.2, 0.25) is 0 Å². The summed E-state index contributed by atoms with van der Waals surface area (Å²) in [5.41, 5.74) is 5.91. The Morgan fingerprint density at radius 3 is 2.41 bits per heavy atom. The standard InChI is InChI=1S/C19H17BrN4O3/c1-23(18(26)13-9-5-6-10-14(13)20)15-16(21)24(19(27)22-17(15)25)11-12-7-3-2-4-8-12/h2-10H,11,21H2,1H3,(H,22,25,27). The average molecular weight is 429 g/mol. The predicted octanol–water partition coefficient (Wildman–Crippen LogP) is 2.21. The summed E-state index contributed by atoms with van der Waals surface area (Å²) in [5.74, 6) is -0.500. The number of nitrogens with two attached hydrogens (primary N) is 1. The molecule has 0 spiro atoms. The number of carbonyl (C=O) groups is 1. The highest BCUT2D eigenvalue weighted by molar-refractivity contribution is 9.10. The number of amides is 1. The number of nitrogens with zero attached hydrogens (tertiary/aromatic N) is 2. The van der Waals surface area contributed by atoms with Gasteiger partial charge in [0.1, 0.15) is 5.82 Å². The van der Waals surface area contributed by atoms with Crippen LogP contribution in [0.3, 0.4) is 0 Å². The third-order valence-corrected chi connectivity index (χ3v) is 4.83. The molecule has 0 atom stereocenters. The first-order chi connectivity index (χ1) is 12.9. The summed E-state index contributed by atoms with van der Waals surface area (Å²) in [7, 11) is 1.44. The molecule has 0 aliphatic heterocycles. The lowest BCUT2D eigenvalue weighted by molar-refractivity contribution is 0.0992. The summed E-state index contributed by atoms with van der Waals surface area (Å²) in [5, 5.41) is 0. The van der Waals surface area contributed by atoms with Crippen molar-refractivity contribution in [3.63, 3.8) is 0 Å². The third-order valence-electron chi connectivity index (χ3n) is 4.14. The Morgan fingerprint density at radius 2 is 1.74 bits per heavy atom. The van der Waals surface area contributed by atoms with Gasteiger partial charge >= 0.3 is 5.69 Å². The van der Waals surface area contributed by atoms with Gasteiger partial charge in [0.15, 0.2) is 5.69 Å². The quantitative estimate of drug-likeness (QED) is 0.664. The van der Waals surface area contributed by atoms with Gasteiger partial charge in [-0.25, -0.2) is 4.79 Å². The van der Waals surface area contributed by atoms with Gasteiger partial charge in [-0.15, -0.1) is 0 Å². The molecule has 8 heteroatoms. The van der Waals surface area contributed by atoms with E-state index in [-0.39, 0.29) is 18.1 Å². The number of nitrogen functional groups attached to an aromatic ring is 1.